The molecule has 0 aromatic carbocycles. The Morgan fingerprint density at radius 1 is 1.21 bits per heavy atom. The number of alkyl halides is 3. The lowest BCUT2D eigenvalue weighted by Crippen LogP contribution is -2.26. The van der Waals surface area contributed by atoms with Crippen LogP contribution in [-0.2, 0) is 0 Å². The average Bonchev–Trinajstić information content (AvgIpc) is 2.87. The Bertz CT molecular complexity index is 141. The number of hydrogen-bond donors (Lipinski definition) is 0. The van der Waals surface area contributed by atoms with E-state index in [-0.39, 0.29) is 6.54 Å². The van der Waals surface area contributed by atoms with Crippen LogP contribution in [0.1, 0.15) is 33.1 Å². The molecule has 0 aromatic rings. The quantitative estimate of drug-likeness (QED) is 0.689. The first-order valence-electron chi connectivity index (χ1n) is 5.22. The number of halogens is 3. The van der Waals surface area contributed by atoms with Crippen molar-refractivity contribution >= 4 is 0 Å². The van der Waals surface area contributed by atoms with Crippen molar-refractivity contribution in [3.63, 3.8) is 0 Å². The molecular formula is C10H20F3N. The van der Waals surface area contributed by atoms with Crippen LogP contribution in [0.2, 0.25) is 0 Å². The first kappa shape index (κ1) is 13.8. The van der Waals surface area contributed by atoms with Crippen LogP contribution in [0.4, 0.5) is 13.2 Å². The monoisotopic (exact) mass is 211 g/mol. The minimum Gasteiger partial charge on any atom is -0.306 e. The van der Waals surface area contributed by atoms with Crippen molar-refractivity contribution in [1.29, 1.82) is 0 Å². The Labute approximate surface area is 84.3 Å². The fourth-order valence-corrected chi connectivity index (χ4v) is 1.15. The highest BCUT2D eigenvalue weighted by atomic mass is 19.4. The van der Waals surface area contributed by atoms with Crippen LogP contribution < -0.4 is 0 Å². The first-order chi connectivity index (χ1) is 6.47. The molecule has 0 heterocycles. The van der Waals surface area contributed by atoms with Crippen molar-refractivity contribution in [3.05, 3.63) is 0 Å². The summed E-state index contributed by atoms with van der Waals surface area (Å²) in [6, 6.07) is 0. The third-order valence-corrected chi connectivity index (χ3v) is 2.04. The lowest BCUT2D eigenvalue weighted by molar-refractivity contribution is -0.137. The molecule has 1 nitrogen and oxygen atoms in total. The third-order valence-electron chi connectivity index (χ3n) is 2.04. The highest BCUT2D eigenvalue weighted by Crippen LogP contribution is 2.29. The molecule has 0 amide bonds. The molecule has 1 rings (SSSR count). The minimum absolute atomic E-state index is 0.139. The van der Waals surface area contributed by atoms with Gasteiger partial charge in [0.05, 0.1) is 6.42 Å². The fourth-order valence-electron chi connectivity index (χ4n) is 1.15. The maximum Gasteiger partial charge on any atom is 0.390 e. The zero-order chi connectivity index (χ0) is 11.2. The summed E-state index contributed by atoms with van der Waals surface area (Å²) in [5.74, 6) is 0.670. The Morgan fingerprint density at radius 3 is 2.07 bits per heavy atom. The standard InChI is InChI=1S/C8H14F3N.C2H6/c1-12(6-7-2-3-7)5-4-8(9,10)11;1-2/h7H,2-6H2,1H3;1-2H3. The van der Waals surface area contributed by atoms with Gasteiger partial charge in [-0.15, -0.1) is 0 Å². The van der Waals surface area contributed by atoms with Crippen LogP contribution in [0.3, 0.4) is 0 Å². The molecule has 0 aromatic heterocycles. The minimum atomic E-state index is -4.00. The average molecular weight is 211 g/mol. The van der Waals surface area contributed by atoms with E-state index in [9.17, 15) is 13.2 Å². The lowest BCUT2D eigenvalue weighted by atomic mass is 10.3. The maximum atomic E-state index is 11.7. The van der Waals surface area contributed by atoms with Gasteiger partial charge in [0.2, 0.25) is 0 Å². The van der Waals surface area contributed by atoms with Crippen LogP contribution in [0.5, 0.6) is 0 Å². The molecule has 1 fully saturated rings. The van der Waals surface area contributed by atoms with Crippen molar-refractivity contribution in [3.8, 4) is 0 Å². The lowest BCUT2D eigenvalue weighted by Gasteiger charge is -2.16. The molecule has 1 aliphatic rings. The molecule has 0 atom stereocenters. The van der Waals surface area contributed by atoms with Crippen LogP contribution >= 0.6 is 0 Å². The molecule has 0 radical (unpaired) electrons. The molecular weight excluding hydrogens is 191 g/mol. The molecule has 4 heteroatoms. The van der Waals surface area contributed by atoms with E-state index >= 15 is 0 Å². The largest absolute Gasteiger partial charge is 0.390 e. The van der Waals surface area contributed by atoms with Crippen LogP contribution in [0.15, 0.2) is 0 Å². The van der Waals surface area contributed by atoms with Gasteiger partial charge in [0.1, 0.15) is 0 Å². The number of rotatable bonds is 4. The van der Waals surface area contributed by atoms with Gasteiger partial charge in [0.25, 0.3) is 0 Å². The normalized spacial score (nSPS) is 16.5. The molecule has 0 bridgehead atoms. The van der Waals surface area contributed by atoms with Gasteiger partial charge in [-0.2, -0.15) is 13.2 Å². The molecule has 0 saturated heterocycles. The van der Waals surface area contributed by atoms with Crippen molar-refractivity contribution in [2.75, 3.05) is 20.1 Å². The molecule has 1 aliphatic carbocycles. The van der Waals surface area contributed by atoms with E-state index in [4.69, 9.17) is 0 Å². The first-order valence-corrected chi connectivity index (χ1v) is 5.22. The molecule has 0 spiro atoms. The summed E-state index contributed by atoms with van der Waals surface area (Å²) in [5, 5.41) is 0. The highest BCUT2D eigenvalue weighted by Gasteiger charge is 2.28. The molecule has 0 aliphatic heterocycles. The Hall–Kier alpha value is -0.250. The van der Waals surface area contributed by atoms with E-state index in [1.165, 1.54) is 12.8 Å². The van der Waals surface area contributed by atoms with E-state index in [1.54, 1.807) is 11.9 Å². The Kier molecular flexibility index (Phi) is 6.16. The third kappa shape index (κ3) is 8.35. The summed E-state index contributed by atoms with van der Waals surface area (Å²) in [6.45, 7) is 4.97. The van der Waals surface area contributed by atoms with Crippen molar-refractivity contribution < 1.29 is 13.2 Å². The second-order valence-corrected chi connectivity index (χ2v) is 3.57. The molecule has 0 unspecified atom stereocenters. The summed E-state index contributed by atoms with van der Waals surface area (Å²) >= 11 is 0. The van der Waals surface area contributed by atoms with Gasteiger partial charge in [-0.25, -0.2) is 0 Å². The second kappa shape index (κ2) is 6.27. The molecule has 86 valence electrons. The van der Waals surface area contributed by atoms with Gasteiger partial charge < -0.3 is 4.90 Å². The van der Waals surface area contributed by atoms with E-state index in [2.05, 4.69) is 0 Å². The zero-order valence-electron chi connectivity index (χ0n) is 9.19. The zero-order valence-corrected chi connectivity index (χ0v) is 9.19. The topological polar surface area (TPSA) is 3.24 Å². The predicted molar refractivity (Wildman–Crippen MR) is 52.2 cm³/mol. The second-order valence-electron chi connectivity index (χ2n) is 3.57. The van der Waals surface area contributed by atoms with Crippen molar-refractivity contribution in [2.24, 2.45) is 5.92 Å². The van der Waals surface area contributed by atoms with E-state index < -0.39 is 12.6 Å². The number of nitrogens with zero attached hydrogens (tertiary/aromatic N) is 1. The van der Waals surface area contributed by atoms with Gasteiger partial charge in [-0.05, 0) is 25.8 Å². The smallest absolute Gasteiger partial charge is 0.306 e. The van der Waals surface area contributed by atoms with Crippen LogP contribution in [0.25, 0.3) is 0 Å². The SMILES string of the molecule is CC.CN(CCC(F)(F)F)CC1CC1. The van der Waals surface area contributed by atoms with Crippen molar-refractivity contribution in [1.82, 2.24) is 4.90 Å². The maximum absolute atomic E-state index is 11.7. The van der Waals surface area contributed by atoms with E-state index in [0.29, 0.717) is 5.92 Å². The predicted octanol–water partition coefficient (Wildman–Crippen LogP) is 3.31. The summed E-state index contributed by atoms with van der Waals surface area (Å²) in [5.41, 5.74) is 0. The van der Waals surface area contributed by atoms with Crippen LogP contribution in [-0.4, -0.2) is 31.2 Å². The van der Waals surface area contributed by atoms with Gasteiger partial charge in [0, 0.05) is 13.1 Å². The van der Waals surface area contributed by atoms with Gasteiger partial charge in [-0.3, -0.25) is 0 Å². The Morgan fingerprint density at radius 2 is 1.71 bits per heavy atom. The highest BCUT2D eigenvalue weighted by molar-refractivity contribution is 4.76. The summed E-state index contributed by atoms with van der Waals surface area (Å²) in [7, 11) is 1.75. The Balaban J connectivity index is 0.000000791. The van der Waals surface area contributed by atoms with E-state index in [0.717, 1.165) is 6.54 Å². The summed E-state index contributed by atoms with van der Waals surface area (Å²) < 4.78 is 35.2. The van der Waals surface area contributed by atoms with Gasteiger partial charge in [-0.1, -0.05) is 13.8 Å². The molecule has 0 N–H and O–H groups in total. The van der Waals surface area contributed by atoms with Gasteiger partial charge in [0.15, 0.2) is 0 Å². The summed E-state index contributed by atoms with van der Waals surface area (Å²) in [4.78, 5) is 1.77. The number of hydrogen-bond acceptors (Lipinski definition) is 1. The van der Waals surface area contributed by atoms with Crippen molar-refractivity contribution in [2.45, 2.75) is 39.3 Å². The van der Waals surface area contributed by atoms with Crippen LogP contribution in [0, 0.1) is 5.92 Å². The molecule has 1 saturated carbocycles. The van der Waals surface area contributed by atoms with Gasteiger partial charge >= 0.3 is 6.18 Å². The van der Waals surface area contributed by atoms with E-state index in [1.807, 2.05) is 13.8 Å². The fraction of sp³-hybridized carbons (Fsp3) is 1.00. The summed E-state index contributed by atoms with van der Waals surface area (Å²) in [6.07, 6.45) is -2.30. The molecule has 14 heavy (non-hydrogen) atoms.